The number of hydrogen-bond donors (Lipinski definition) is 1. The fraction of sp³-hybridized carbons (Fsp3) is 0.581. The molecule has 0 aromatic heterocycles. The van der Waals surface area contributed by atoms with Gasteiger partial charge in [-0.1, -0.05) is 65.2 Å². The van der Waals surface area contributed by atoms with Crippen LogP contribution in [-0.4, -0.2) is 29.8 Å². The number of esters is 1. The minimum atomic E-state index is -1.67. The molecule has 1 saturated carbocycles. The molecule has 1 aromatic carbocycles. The monoisotopic (exact) mass is 518 g/mol. The summed E-state index contributed by atoms with van der Waals surface area (Å²) in [5.41, 5.74) is 6.72. The third-order valence-corrected chi connectivity index (χ3v) is 9.49. The fourth-order valence-electron chi connectivity index (χ4n) is 8.28. The van der Waals surface area contributed by atoms with Crippen LogP contribution in [0.1, 0.15) is 97.1 Å². The summed E-state index contributed by atoms with van der Waals surface area (Å²) in [6.07, 6.45) is 6.54. The first-order chi connectivity index (χ1) is 17.9. The molecular formula is C31H38N2O5. The molecule has 2 N–H and O–H groups in total. The Labute approximate surface area is 224 Å². The lowest BCUT2D eigenvalue weighted by Gasteiger charge is -2.54. The van der Waals surface area contributed by atoms with Gasteiger partial charge in [0.1, 0.15) is 16.7 Å². The average molecular weight is 519 g/mol. The Morgan fingerprint density at radius 3 is 2.42 bits per heavy atom. The number of carbonyl (C=O) groups is 3. The third kappa shape index (κ3) is 3.10. The minimum Gasteiger partial charge on any atom is -0.462 e. The topological polar surface area (TPSA) is 98.9 Å². The van der Waals surface area contributed by atoms with E-state index in [9.17, 15) is 9.59 Å². The number of para-hydroxylation sites is 1. The van der Waals surface area contributed by atoms with Crippen molar-refractivity contribution in [2.24, 2.45) is 11.1 Å². The Kier molecular flexibility index (Phi) is 5.28. The molecule has 1 unspecified atom stereocenters. The van der Waals surface area contributed by atoms with E-state index in [0.29, 0.717) is 17.7 Å². The highest BCUT2D eigenvalue weighted by molar-refractivity contribution is 6.24. The van der Waals surface area contributed by atoms with Gasteiger partial charge in [-0.05, 0) is 42.6 Å². The highest BCUT2D eigenvalue weighted by Gasteiger charge is 2.69. The normalized spacial score (nSPS) is 28.4. The van der Waals surface area contributed by atoms with E-state index in [2.05, 4.69) is 19.9 Å². The van der Waals surface area contributed by atoms with Gasteiger partial charge in [-0.3, -0.25) is 9.59 Å². The molecule has 1 fully saturated rings. The molecule has 5 aliphatic rings. The van der Waals surface area contributed by atoms with Crippen LogP contribution in [0, 0.1) is 5.41 Å². The second kappa shape index (κ2) is 7.96. The van der Waals surface area contributed by atoms with Gasteiger partial charge in [0.15, 0.2) is 5.78 Å². The van der Waals surface area contributed by atoms with E-state index >= 15 is 4.79 Å². The fourth-order valence-corrected chi connectivity index (χ4v) is 8.28. The molecule has 202 valence electrons. The van der Waals surface area contributed by atoms with Crippen LogP contribution in [0.25, 0.3) is 0 Å². The van der Waals surface area contributed by atoms with Gasteiger partial charge in [-0.15, -0.1) is 0 Å². The summed E-state index contributed by atoms with van der Waals surface area (Å²) in [5.74, 6) is -0.882. The van der Waals surface area contributed by atoms with Crippen molar-refractivity contribution in [1.29, 1.82) is 0 Å². The molecule has 2 spiro atoms. The van der Waals surface area contributed by atoms with Crippen molar-refractivity contribution < 1.29 is 23.9 Å². The second-order valence-corrected chi connectivity index (χ2v) is 13.2. The summed E-state index contributed by atoms with van der Waals surface area (Å²) < 4.78 is 11.6. The summed E-state index contributed by atoms with van der Waals surface area (Å²) in [4.78, 5) is 45.0. The number of rotatable bonds is 2. The number of fused-ring (bicyclic) bond motifs is 3. The van der Waals surface area contributed by atoms with Crippen molar-refractivity contribution in [3.8, 4) is 0 Å². The van der Waals surface area contributed by atoms with Crippen LogP contribution in [-0.2, 0) is 34.7 Å². The lowest BCUT2D eigenvalue weighted by atomic mass is 9.61. The number of ether oxygens (including phenoxy) is 2. The number of Topliss-reactive ketones (excluding diaryl/α,β-unsaturated/α-hetero) is 1. The first-order valence-electron chi connectivity index (χ1n) is 14.0. The molecule has 1 amide bonds. The number of benzene rings is 1. The largest absolute Gasteiger partial charge is 0.462 e. The van der Waals surface area contributed by atoms with Crippen LogP contribution in [0.2, 0.25) is 0 Å². The lowest BCUT2D eigenvalue weighted by molar-refractivity contribution is -0.141. The zero-order valence-electron chi connectivity index (χ0n) is 23.2. The van der Waals surface area contributed by atoms with Gasteiger partial charge in [-0.25, -0.2) is 4.79 Å². The molecule has 7 heteroatoms. The van der Waals surface area contributed by atoms with Gasteiger partial charge in [0, 0.05) is 23.9 Å². The lowest BCUT2D eigenvalue weighted by Crippen LogP contribution is -2.61. The number of nitrogens with two attached hydrogens (primary N) is 1. The van der Waals surface area contributed by atoms with E-state index in [0.717, 1.165) is 49.8 Å². The number of nitrogens with zero attached hydrogens (tertiary/aromatic N) is 1. The smallest absolute Gasteiger partial charge is 0.341 e. The molecule has 38 heavy (non-hydrogen) atoms. The maximum absolute atomic E-state index is 15.3. The van der Waals surface area contributed by atoms with Gasteiger partial charge < -0.3 is 20.1 Å². The van der Waals surface area contributed by atoms with Crippen molar-refractivity contribution >= 4 is 23.3 Å². The second-order valence-electron chi connectivity index (χ2n) is 13.2. The van der Waals surface area contributed by atoms with Gasteiger partial charge in [-0.2, -0.15) is 0 Å². The van der Waals surface area contributed by atoms with E-state index in [-0.39, 0.29) is 58.1 Å². The number of amides is 1. The third-order valence-electron chi connectivity index (χ3n) is 9.49. The molecular weight excluding hydrogens is 480 g/mol. The predicted octanol–water partition coefficient (Wildman–Crippen LogP) is 5.06. The summed E-state index contributed by atoms with van der Waals surface area (Å²) in [5, 5.41) is 0. The van der Waals surface area contributed by atoms with Crippen LogP contribution < -0.4 is 10.6 Å². The van der Waals surface area contributed by atoms with E-state index in [4.69, 9.17) is 15.2 Å². The minimum absolute atomic E-state index is 0.0530. The van der Waals surface area contributed by atoms with Gasteiger partial charge in [0.2, 0.25) is 11.8 Å². The van der Waals surface area contributed by atoms with Crippen molar-refractivity contribution in [1.82, 2.24) is 0 Å². The first kappa shape index (κ1) is 25.2. The highest BCUT2D eigenvalue weighted by Crippen LogP contribution is 2.64. The van der Waals surface area contributed by atoms with Gasteiger partial charge in [0.25, 0.3) is 0 Å². The van der Waals surface area contributed by atoms with Crippen LogP contribution in [0.3, 0.4) is 0 Å². The number of ketones is 1. The molecule has 0 radical (unpaired) electrons. The van der Waals surface area contributed by atoms with Crippen LogP contribution >= 0.6 is 0 Å². The maximum Gasteiger partial charge on any atom is 0.341 e. The number of anilines is 1. The molecule has 3 heterocycles. The predicted molar refractivity (Wildman–Crippen MR) is 143 cm³/mol. The van der Waals surface area contributed by atoms with Crippen LogP contribution in [0.4, 0.5) is 5.69 Å². The summed E-state index contributed by atoms with van der Waals surface area (Å²) in [7, 11) is 0. The Hall–Kier alpha value is -3.09. The van der Waals surface area contributed by atoms with Gasteiger partial charge in [0.05, 0.1) is 17.9 Å². The number of allylic oxidation sites excluding steroid dienone is 1. The molecule has 6 rings (SSSR count). The maximum atomic E-state index is 15.3. The molecule has 3 aliphatic heterocycles. The van der Waals surface area contributed by atoms with Crippen LogP contribution in [0.5, 0.6) is 0 Å². The SMILES string of the molecule is CCOC(=O)C1=C(N)OC2=C(C(=O)CC(C)(C)C2)C12C(=O)N1c3c(cccc32)C(C)(C)CC12CCCCC2. The Bertz CT molecular complexity index is 1340. The molecule has 2 aliphatic carbocycles. The van der Waals surface area contributed by atoms with Crippen molar-refractivity contribution in [2.45, 2.75) is 102 Å². The van der Waals surface area contributed by atoms with Gasteiger partial charge >= 0.3 is 5.97 Å². The Balaban J connectivity index is 1.72. The van der Waals surface area contributed by atoms with E-state index in [1.807, 2.05) is 30.9 Å². The molecule has 0 bridgehead atoms. The number of hydrogen-bond acceptors (Lipinski definition) is 6. The van der Waals surface area contributed by atoms with E-state index < -0.39 is 11.4 Å². The number of carbonyl (C=O) groups excluding carboxylic acids is 3. The quantitative estimate of drug-likeness (QED) is 0.550. The summed E-state index contributed by atoms with van der Waals surface area (Å²) in [6.45, 7) is 10.3. The highest BCUT2D eigenvalue weighted by atomic mass is 16.5. The summed E-state index contributed by atoms with van der Waals surface area (Å²) in [6, 6.07) is 5.94. The Morgan fingerprint density at radius 1 is 1.05 bits per heavy atom. The first-order valence-corrected chi connectivity index (χ1v) is 14.0. The zero-order valence-corrected chi connectivity index (χ0v) is 23.2. The standard InChI is InChI=1S/C31H38N2O5/c1-6-37-26(35)23-25(32)38-21-16-28(2,3)15-20(34)22(21)31(23)19-12-10-11-18-24(19)33(27(31)36)30(17-29(18,4)5)13-8-7-9-14-30/h10-12H,6-9,13-17,32H2,1-5H3. The van der Waals surface area contributed by atoms with Crippen molar-refractivity contribution in [3.63, 3.8) is 0 Å². The van der Waals surface area contributed by atoms with E-state index in [1.165, 1.54) is 0 Å². The average Bonchev–Trinajstić information content (AvgIpc) is 3.06. The van der Waals surface area contributed by atoms with Crippen molar-refractivity contribution in [3.05, 3.63) is 52.1 Å². The molecule has 7 nitrogen and oxygen atoms in total. The van der Waals surface area contributed by atoms with Crippen molar-refractivity contribution in [2.75, 3.05) is 11.5 Å². The summed E-state index contributed by atoms with van der Waals surface area (Å²) >= 11 is 0. The molecule has 1 aromatic rings. The van der Waals surface area contributed by atoms with E-state index in [1.54, 1.807) is 6.92 Å². The molecule has 1 atom stereocenters. The molecule has 0 saturated heterocycles. The zero-order chi connectivity index (χ0) is 27.3. The Morgan fingerprint density at radius 2 is 1.74 bits per heavy atom. The van der Waals surface area contributed by atoms with Crippen LogP contribution in [0.15, 0.2) is 41.0 Å².